The van der Waals surface area contributed by atoms with Gasteiger partial charge in [-0.25, -0.2) is 0 Å². The molecule has 0 spiro atoms. The highest BCUT2D eigenvalue weighted by molar-refractivity contribution is 6.20. The van der Waals surface area contributed by atoms with Crippen molar-refractivity contribution >= 4 is 23.2 Å². The zero-order valence-corrected chi connectivity index (χ0v) is 8.95. The Morgan fingerprint density at radius 3 is 2.87 bits per heavy atom. The van der Waals surface area contributed by atoms with Gasteiger partial charge in [-0.05, 0) is 24.6 Å². The van der Waals surface area contributed by atoms with Crippen molar-refractivity contribution in [1.82, 2.24) is 0 Å². The summed E-state index contributed by atoms with van der Waals surface area (Å²) in [6.45, 7) is 1.83. The Hall–Kier alpha value is -1.26. The van der Waals surface area contributed by atoms with Crippen LogP contribution >= 0.6 is 11.6 Å². The van der Waals surface area contributed by atoms with Crippen LogP contribution in [-0.2, 0) is 4.79 Å². The molecule has 0 aromatic heterocycles. The molecule has 82 valence electrons. The number of carbonyl (C=O) groups excluding carboxylic acids is 1. The minimum absolute atomic E-state index is 0.0456. The fourth-order valence-corrected chi connectivity index (χ4v) is 1.18. The zero-order valence-electron chi connectivity index (χ0n) is 8.20. The molecular weight excluding hydrogens is 218 g/mol. The summed E-state index contributed by atoms with van der Waals surface area (Å²) in [4.78, 5) is 11.3. The number of hydrogen-bond donors (Lipinski definition) is 3. The molecule has 0 saturated carbocycles. The van der Waals surface area contributed by atoms with E-state index in [9.17, 15) is 9.90 Å². The maximum atomic E-state index is 11.3. The van der Waals surface area contributed by atoms with E-state index >= 15 is 0 Å². The Bertz CT molecular complexity index is 368. The van der Waals surface area contributed by atoms with Crippen LogP contribution in [0.3, 0.4) is 0 Å². The van der Waals surface area contributed by atoms with E-state index in [4.69, 9.17) is 16.7 Å². The summed E-state index contributed by atoms with van der Waals surface area (Å²) >= 11 is 5.31. The van der Waals surface area contributed by atoms with Crippen molar-refractivity contribution in [2.75, 3.05) is 11.2 Å². The maximum Gasteiger partial charge on any atom is 0.254 e. The van der Waals surface area contributed by atoms with Gasteiger partial charge in [-0.1, -0.05) is 6.07 Å². The first-order chi connectivity index (χ1) is 7.04. The van der Waals surface area contributed by atoms with Gasteiger partial charge in [0.2, 0.25) is 0 Å². The molecule has 1 amide bonds. The second-order valence-electron chi connectivity index (χ2n) is 3.18. The lowest BCUT2D eigenvalue weighted by molar-refractivity contribution is -0.123. The number of alkyl halides is 1. The average Bonchev–Trinajstić information content (AvgIpc) is 2.22. The number of aromatic hydroxyl groups is 1. The second kappa shape index (κ2) is 5.00. The molecule has 1 atom stereocenters. The van der Waals surface area contributed by atoms with Crippen molar-refractivity contribution in [2.24, 2.45) is 0 Å². The van der Waals surface area contributed by atoms with E-state index in [1.807, 2.05) is 6.92 Å². The van der Waals surface area contributed by atoms with Crippen LogP contribution < -0.4 is 5.32 Å². The molecule has 1 unspecified atom stereocenters. The number of halogens is 1. The van der Waals surface area contributed by atoms with Gasteiger partial charge in [-0.2, -0.15) is 0 Å². The Balaban J connectivity index is 2.80. The molecule has 0 aliphatic rings. The van der Waals surface area contributed by atoms with E-state index in [1.54, 1.807) is 12.1 Å². The molecule has 1 rings (SSSR count). The number of nitrogens with one attached hydrogen (secondary N) is 1. The van der Waals surface area contributed by atoms with Gasteiger partial charge in [0.05, 0.1) is 11.6 Å². The van der Waals surface area contributed by atoms with Gasteiger partial charge in [0.15, 0.2) is 0 Å². The number of benzene rings is 1. The number of carbonyl (C=O) groups is 1. The molecule has 0 aliphatic carbocycles. The van der Waals surface area contributed by atoms with Crippen molar-refractivity contribution < 1.29 is 15.0 Å². The molecule has 15 heavy (non-hydrogen) atoms. The summed E-state index contributed by atoms with van der Waals surface area (Å²) < 4.78 is 0. The summed E-state index contributed by atoms with van der Waals surface area (Å²) in [5.74, 6) is -0.861. The molecule has 1 aromatic rings. The maximum absolute atomic E-state index is 11.3. The van der Waals surface area contributed by atoms with E-state index in [-0.39, 0.29) is 17.3 Å². The Labute approximate surface area is 92.5 Å². The van der Waals surface area contributed by atoms with Crippen LogP contribution in [0.4, 0.5) is 5.69 Å². The Morgan fingerprint density at radius 2 is 2.27 bits per heavy atom. The van der Waals surface area contributed by atoms with Crippen LogP contribution in [-0.4, -0.2) is 28.1 Å². The van der Waals surface area contributed by atoms with Gasteiger partial charge in [0.25, 0.3) is 5.91 Å². The average molecular weight is 230 g/mol. The number of aliphatic hydroxyl groups excluding tert-OH is 1. The van der Waals surface area contributed by atoms with Crippen LogP contribution in [0, 0.1) is 6.92 Å². The molecule has 0 radical (unpaired) electrons. The fourth-order valence-electron chi connectivity index (χ4n) is 1.04. The number of aryl methyl sites for hydroxylation is 1. The largest absolute Gasteiger partial charge is 0.506 e. The Kier molecular flexibility index (Phi) is 3.94. The van der Waals surface area contributed by atoms with Crippen LogP contribution in [0.2, 0.25) is 0 Å². The Morgan fingerprint density at radius 1 is 1.60 bits per heavy atom. The highest BCUT2D eigenvalue weighted by atomic mass is 35.5. The molecule has 0 aliphatic heterocycles. The van der Waals surface area contributed by atoms with E-state index in [0.717, 1.165) is 5.56 Å². The molecule has 0 heterocycles. The smallest absolute Gasteiger partial charge is 0.254 e. The van der Waals surface area contributed by atoms with Crippen molar-refractivity contribution in [3.63, 3.8) is 0 Å². The first-order valence-electron chi connectivity index (χ1n) is 4.39. The van der Waals surface area contributed by atoms with Crippen LogP contribution in [0.25, 0.3) is 0 Å². The van der Waals surface area contributed by atoms with Gasteiger partial charge in [-0.15, -0.1) is 11.6 Å². The monoisotopic (exact) mass is 229 g/mol. The topological polar surface area (TPSA) is 69.6 Å². The minimum atomic E-state index is -1.27. The van der Waals surface area contributed by atoms with E-state index in [1.165, 1.54) is 6.07 Å². The number of phenolic OH excluding ortho intramolecular Hbond substituents is 1. The minimum Gasteiger partial charge on any atom is -0.506 e. The summed E-state index contributed by atoms with van der Waals surface area (Å²) in [6.07, 6.45) is -1.27. The third-order valence-electron chi connectivity index (χ3n) is 1.86. The first kappa shape index (κ1) is 11.8. The number of hydrogen-bond acceptors (Lipinski definition) is 3. The van der Waals surface area contributed by atoms with Gasteiger partial charge >= 0.3 is 0 Å². The molecule has 5 heteroatoms. The lowest BCUT2D eigenvalue weighted by atomic mass is 10.2. The number of aliphatic hydroxyl groups is 1. The highest BCUT2D eigenvalue weighted by Gasteiger charge is 2.14. The molecule has 1 aromatic carbocycles. The third-order valence-corrected chi connectivity index (χ3v) is 2.15. The van der Waals surface area contributed by atoms with Gasteiger partial charge in [0, 0.05) is 0 Å². The zero-order chi connectivity index (χ0) is 11.4. The number of rotatable bonds is 3. The summed E-state index contributed by atoms with van der Waals surface area (Å²) in [7, 11) is 0. The predicted octanol–water partition coefficient (Wildman–Crippen LogP) is 1.24. The van der Waals surface area contributed by atoms with Crippen LogP contribution in [0.15, 0.2) is 18.2 Å². The quantitative estimate of drug-likeness (QED) is 0.540. The lowest BCUT2D eigenvalue weighted by Crippen LogP contribution is -2.28. The van der Waals surface area contributed by atoms with Crippen molar-refractivity contribution in [1.29, 1.82) is 0 Å². The van der Waals surface area contributed by atoms with Gasteiger partial charge < -0.3 is 15.5 Å². The van der Waals surface area contributed by atoms with Crippen molar-refractivity contribution in [3.8, 4) is 5.75 Å². The van der Waals surface area contributed by atoms with E-state index < -0.39 is 12.0 Å². The number of amides is 1. The molecule has 0 saturated heterocycles. The SMILES string of the molecule is Cc1ccc(O)c(NC(=O)C(O)CCl)c1. The first-order valence-corrected chi connectivity index (χ1v) is 4.92. The molecule has 0 fully saturated rings. The normalized spacial score (nSPS) is 12.2. The molecular formula is C10H12ClNO3. The van der Waals surface area contributed by atoms with Crippen molar-refractivity contribution in [3.05, 3.63) is 23.8 Å². The van der Waals surface area contributed by atoms with Crippen LogP contribution in [0.5, 0.6) is 5.75 Å². The standard InChI is InChI=1S/C10H12ClNO3/c1-6-2-3-8(13)7(4-6)12-10(15)9(14)5-11/h2-4,9,13-14H,5H2,1H3,(H,12,15). The fraction of sp³-hybridized carbons (Fsp3) is 0.300. The second-order valence-corrected chi connectivity index (χ2v) is 3.49. The summed E-state index contributed by atoms with van der Waals surface area (Å²) in [5, 5.41) is 20.9. The van der Waals surface area contributed by atoms with Gasteiger partial charge in [0.1, 0.15) is 11.9 Å². The summed E-state index contributed by atoms with van der Waals surface area (Å²) in [6, 6.07) is 4.79. The third kappa shape index (κ3) is 3.11. The highest BCUT2D eigenvalue weighted by Crippen LogP contribution is 2.23. The number of phenols is 1. The predicted molar refractivity (Wildman–Crippen MR) is 58.2 cm³/mol. The van der Waals surface area contributed by atoms with Gasteiger partial charge in [-0.3, -0.25) is 4.79 Å². The van der Waals surface area contributed by atoms with E-state index in [0.29, 0.717) is 0 Å². The number of anilines is 1. The lowest BCUT2D eigenvalue weighted by Gasteiger charge is -2.10. The molecule has 0 bridgehead atoms. The molecule has 3 N–H and O–H groups in total. The summed E-state index contributed by atoms with van der Waals surface area (Å²) in [5.41, 5.74) is 1.16. The van der Waals surface area contributed by atoms with Crippen LogP contribution in [0.1, 0.15) is 5.56 Å². The van der Waals surface area contributed by atoms with E-state index in [2.05, 4.69) is 5.32 Å². The van der Waals surface area contributed by atoms with Crippen molar-refractivity contribution in [2.45, 2.75) is 13.0 Å². The molecule has 4 nitrogen and oxygen atoms in total.